The molecule has 0 aliphatic heterocycles. The van der Waals surface area contributed by atoms with Gasteiger partial charge in [-0.2, -0.15) is 15.0 Å². The number of nitrogens with zero attached hydrogens (tertiary/aromatic N) is 5. The van der Waals surface area contributed by atoms with Crippen LogP contribution < -0.4 is 10.6 Å². The van der Waals surface area contributed by atoms with Crippen LogP contribution in [0, 0.1) is 0 Å². The lowest BCUT2D eigenvalue weighted by atomic mass is 9.87. The Morgan fingerprint density at radius 1 is 1.13 bits per heavy atom. The zero-order chi connectivity index (χ0) is 16.4. The van der Waals surface area contributed by atoms with Crippen LogP contribution >= 0.6 is 0 Å². The van der Waals surface area contributed by atoms with Crippen molar-refractivity contribution in [3.05, 3.63) is 41.2 Å². The molecule has 23 heavy (non-hydrogen) atoms. The molecular formula is C17H24N6. The lowest BCUT2D eigenvalue weighted by Crippen LogP contribution is -2.28. The second kappa shape index (κ2) is 6.50. The third-order valence-electron chi connectivity index (χ3n) is 4.35. The van der Waals surface area contributed by atoms with Gasteiger partial charge in [-0.3, -0.25) is 4.90 Å². The summed E-state index contributed by atoms with van der Waals surface area (Å²) < 4.78 is 0. The van der Waals surface area contributed by atoms with Crippen molar-refractivity contribution in [2.45, 2.75) is 31.8 Å². The van der Waals surface area contributed by atoms with Crippen LogP contribution in [0.5, 0.6) is 0 Å². The summed E-state index contributed by atoms with van der Waals surface area (Å²) in [6, 6.07) is 9.12. The van der Waals surface area contributed by atoms with Gasteiger partial charge in [-0.15, -0.1) is 0 Å². The van der Waals surface area contributed by atoms with Gasteiger partial charge in [0.2, 0.25) is 11.9 Å². The highest BCUT2D eigenvalue weighted by Gasteiger charge is 2.24. The number of nitrogens with two attached hydrogens (primary N) is 1. The lowest BCUT2D eigenvalue weighted by Gasteiger charge is -2.33. The molecule has 0 unspecified atom stereocenters. The van der Waals surface area contributed by atoms with Crippen LogP contribution in [-0.2, 0) is 13.0 Å². The minimum Gasteiger partial charge on any atom is -0.368 e. The number of hydrogen-bond acceptors (Lipinski definition) is 6. The van der Waals surface area contributed by atoms with Crippen molar-refractivity contribution >= 4 is 11.9 Å². The van der Waals surface area contributed by atoms with Gasteiger partial charge in [-0.25, -0.2) is 0 Å². The van der Waals surface area contributed by atoms with Crippen LogP contribution in [0.4, 0.5) is 11.9 Å². The quantitative estimate of drug-likeness (QED) is 0.931. The van der Waals surface area contributed by atoms with E-state index in [0.717, 1.165) is 6.42 Å². The summed E-state index contributed by atoms with van der Waals surface area (Å²) in [4.78, 5) is 17.1. The van der Waals surface area contributed by atoms with Crippen LogP contribution in [0.1, 0.15) is 35.8 Å². The molecule has 6 heteroatoms. The monoisotopic (exact) mass is 312 g/mol. The van der Waals surface area contributed by atoms with Gasteiger partial charge in [-0.1, -0.05) is 24.3 Å². The van der Waals surface area contributed by atoms with Crippen molar-refractivity contribution in [1.29, 1.82) is 0 Å². The molecule has 0 amide bonds. The first-order chi connectivity index (χ1) is 11.0. The number of aromatic nitrogens is 3. The summed E-state index contributed by atoms with van der Waals surface area (Å²) in [7, 11) is 5.93. The van der Waals surface area contributed by atoms with Crippen molar-refractivity contribution < 1.29 is 0 Å². The molecule has 3 rings (SSSR count). The zero-order valence-corrected chi connectivity index (χ0v) is 14.0. The lowest BCUT2D eigenvalue weighted by molar-refractivity contribution is 0.208. The number of nitrogen functional groups attached to an aromatic ring is 1. The third kappa shape index (κ3) is 3.42. The topological polar surface area (TPSA) is 71.2 Å². The number of benzene rings is 1. The standard InChI is InChI=1S/C17H24N6/c1-22(2)17-20-15(19-16(18)21-17)11-23(3)14-10-6-8-12-7-4-5-9-13(12)14/h4-5,7,9,14H,6,8,10-11H2,1-3H3,(H2,18,19,20,21)/t14-/m0/s1. The average Bonchev–Trinajstić information content (AvgIpc) is 2.53. The Bertz CT molecular complexity index is 685. The molecular weight excluding hydrogens is 288 g/mol. The molecule has 0 saturated heterocycles. The minimum atomic E-state index is 0.274. The van der Waals surface area contributed by atoms with Crippen LogP contribution in [0.15, 0.2) is 24.3 Å². The Morgan fingerprint density at radius 2 is 1.91 bits per heavy atom. The Balaban J connectivity index is 1.82. The maximum Gasteiger partial charge on any atom is 0.229 e. The SMILES string of the molecule is CN(C)c1nc(N)nc(CN(C)[C@H]2CCCc3ccccc32)n1. The highest BCUT2D eigenvalue weighted by Crippen LogP contribution is 2.33. The van der Waals surface area contributed by atoms with Crippen LogP contribution in [0.25, 0.3) is 0 Å². The smallest absolute Gasteiger partial charge is 0.229 e. The van der Waals surface area contributed by atoms with E-state index in [1.165, 1.54) is 24.0 Å². The Kier molecular flexibility index (Phi) is 4.43. The molecule has 122 valence electrons. The van der Waals surface area contributed by atoms with E-state index in [-0.39, 0.29) is 5.95 Å². The van der Waals surface area contributed by atoms with Gasteiger partial charge in [0.1, 0.15) is 5.82 Å². The molecule has 1 aliphatic carbocycles. The van der Waals surface area contributed by atoms with E-state index < -0.39 is 0 Å². The van der Waals surface area contributed by atoms with E-state index in [1.54, 1.807) is 0 Å². The first-order valence-corrected chi connectivity index (χ1v) is 8.00. The molecule has 1 aromatic carbocycles. The molecule has 1 heterocycles. The molecule has 0 bridgehead atoms. The molecule has 6 nitrogen and oxygen atoms in total. The minimum absolute atomic E-state index is 0.274. The van der Waals surface area contributed by atoms with E-state index >= 15 is 0 Å². The molecule has 0 spiro atoms. The maximum atomic E-state index is 5.82. The van der Waals surface area contributed by atoms with Crippen LogP contribution in [0.3, 0.4) is 0 Å². The zero-order valence-electron chi connectivity index (χ0n) is 14.0. The van der Waals surface area contributed by atoms with E-state index in [1.807, 2.05) is 19.0 Å². The molecule has 1 atom stereocenters. The van der Waals surface area contributed by atoms with Gasteiger partial charge < -0.3 is 10.6 Å². The van der Waals surface area contributed by atoms with Crippen molar-refractivity contribution in [3.63, 3.8) is 0 Å². The summed E-state index contributed by atoms with van der Waals surface area (Å²) in [5.41, 5.74) is 8.71. The first kappa shape index (κ1) is 15.7. The van der Waals surface area contributed by atoms with Gasteiger partial charge in [-0.05, 0) is 37.4 Å². The van der Waals surface area contributed by atoms with Crippen molar-refractivity contribution in [3.8, 4) is 0 Å². The summed E-state index contributed by atoms with van der Waals surface area (Å²) >= 11 is 0. The number of anilines is 2. The van der Waals surface area contributed by atoms with Gasteiger partial charge in [0.05, 0.1) is 6.54 Å². The number of hydrogen-bond donors (Lipinski definition) is 1. The second-order valence-electron chi connectivity index (χ2n) is 6.33. The van der Waals surface area contributed by atoms with E-state index in [0.29, 0.717) is 24.4 Å². The van der Waals surface area contributed by atoms with E-state index in [4.69, 9.17) is 5.73 Å². The highest BCUT2D eigenvalue weighted by molar-refractivity contribution is 5.33. The van der Waals surface area contributed by atoms with Crippen molar-refractivity contribution in [2.75, 3.05) is 31.8 Å². The van der Waals surface area contributed by atoms with Gasteiger partial charge >= 0.3 is 0 Å². The Labute approximate surface area is 137 Å². The normalized spacial score (nSPS) is 17.1. The molecule has 0 fully saturated rings. The molecule has 1 aromatic heterocycles. The highest BCUT2D eigenvalue weighted by atomic mass is 15.3. The molecule has 2 N–H and O–H groups in total. The maximum absolute atomic E-state index is 5.82. The summed E-state index contributed by atoms with van der Waals surface area (Å²) in [6.07, 6.45) is 3.55. The average molecular weight is 312 g/mol. The largest absolute Gasteiger partial charge is 0.368 e. The van der Waals surface area contributed by atoms with Crippen LogP contribution in [0.2, 0.25) is 0 Å². The fraction of sp³-hybridized carbons (Fsp3) is 0.471. The van der Waals surface area contributed by atoms with Gasteiger partial charge in [0.15, 0.2) is 0 Å². The second-order valence-corrected chi connectivity index (χ2v) is 6.33. The Hall–Kier alpha value is -2.21. The third-order valence-corrected chi connectivity index (χ3v) is 4.35. The number of rotatable bonds is 4. The molecule has 0 saturated carbocycles. The van der Waals surface area contributed by atoms with Crippen LogP contribution in [-0.4, -0.2) is 41.0 Å². The van der Waals surface area contributed by atoms with Gasteiger partial charge in [0.25, 0.3) is 0 Å². The fourth-order valence-electron chi connectivity index (χ4n) is 3.22. The summed E-state index contributed by atoms with van der Waals surface area (Å²) in [5.74, 6) is 1.59. The van der Waals surface area contributed by atoms with Crippen molar-refractivity contribution in [1.82, 2.24) is 19.9 Å². The Morgan fingerprint density at radius 3 is 2.70 bits per heavy atom. The predicted octanol–water partition coefficient (Wildman–Crippen LogP) is 2.03. The van der Waals surface area contributed by atoms with Gasteiger partial charge in [0, 0.05) is 20.1 Å². The predicted molar refractivity (Wildman–Crippen MR) is 92.2 cm³/mol. The molecule has 0 radical (unpaired) electrons. The molecule has 2 aromatic rings. The first-order valence-electron chi connectivity index (χ1n) is 8.00. The summed E-state index contributed by atoms with van der Waals surface area (Å²) in [5, 5.41) is 0. The fourth-order valence-corrected chi connectivity index (χ4v) is 3.22. The van der Waals surface area contributed by atoms with E-state index in [2.05, 4.69) is 51.2 Å². The summed E-state index contributed by atoms with van der Waals surface area (Å²) in [6.45, 7) is 0.659. The molecule has 1 aliphatic rings. The van der Waals surface area contributed by atoms with Crippen molar-refractivity contribution in [2.24, 2.45) is 0 Å². The van der Waals surface area contributed by atoms with E-state index in [9.17, 15) is 0 Å². The number of fused-ring (bicyclic) bond motifs is 1. The number of aryl methyl sites for hydroxylation is 1.